The molecule has 4 N–H and O–H groups in total. The summed E-state index contributed by atoms with van der Waals surface area (Å²) in [4.78, 5) is 39.3. The second kappa shape index (κ2) is 8.94. The molecule has 2 saturated carbocycles. The van der Waals surface area contributed by atoms with Crippen molar-refractivity contribution in [3.63, 3.8) is 0 Å². The van der Waals surface area contributed by atoms with E-state index in [0.717, 1.165) is 0 Å². The number of esters is 2. The molecule has 10 nitrogen and oxygen atoms in total. The highest BCUT2D eigenvalue weighted by Crippen LogP contribution is 2.64. The zero-order chi connectivity index (χ0) is 28.7. The van der Waals surface area contributed by atoms with Crippen molar-refractivity contribution < 1.29 is 49.0 Å². The van der Waals surface area contributed by atoms with Gasteiger partial charge in [-0.3, -0.25) is 9.59 Å². The Labute approximate surface area is 226 Å². The van der Waals surface area contributed by atoms with Gasteiger partial charge in [0.15, 0.2) is 11.4 Å². The number of rotatable bonds is 3. The topological polar surface area (TPSA) is 160 Å². The van der Waals surface area contributed by atoms with Crippen LogP contribution in [0.15, 0.2) is 41.5 Å². The molecule has 1 heterocycles. The van der Waals surface area contributed by atoms with Crippen LogP contribution in [0, 0.1) is 16.7 Å². The summed E-state index contributed by atoms with van der Waals surface area (Å²) in [6.07, 6.45) is -7.57. The number of hydrogen-bond donors (Lipinski definition) is 4. The standard InChI is InChI=1S/C29H36O10/c1-14-17(31)12-29(36)24(38-25(35)16-9-7-6-8-10-16)22-27(5,23(34)21(33)20(14)26(29,3)4)18(32)11-19-28(22,13-37-19)39-15(2)30/h6-10,18-19,21-24,32-34,36H,11-13H2,1-5H3/t18-,19+,21-,22+,23+,24+,27+,28+,29-/m1/s1. The van der Waals surface area contributed by atoms with Crippen molar-refractivity contribution in [1.29, 1.82) is 0 Å². The predicted octanol–water partition coefficient (Wildman–Crippen LogP) is 1.08. The minimum absolute atomic E-state index is 0.0395. The number of allylic oxidation sites excluding steroid dienone is 1. The van der Waals surface area contributed by atoms with Crippen molar-refractivity contribution in [3.8, 4) is 0 Å². The summed E-state index contributed by atoms with van der Waals surface area (Å²) in [5.74, 6) is -3.24. The molecule has 39 heavy (non-hydrogen) atoms. The lowest BCUT2D eigenvalue weighted by atomic mass is 9.44. The molecule has 1 saturated heterocycles. The van der Waals surface area contributed by atoms with Crippen molar-refractivity contribution in [2.45, 2.75) is 89.2 Å². The van der Waals surface area contributed by atoms with Crippen LogP contribution in [0.5, 0.6) is 0 Å². The number of hydrogen-bond acceptors (Lipinski definition) is 10. The Morgan fingerprint density at radius 1 is 1.08 bits per heavy atom. The molecule has 10 heteroatoms. The first kappa shape index (κ1) is 27.9. The summed E-state index contributed by atoms with van der Waals surface area (Å²) in [5, 5.41) is 47.6. The highest BCUT2D eigenvalue weighted by Gasteiger charge is 2.77. The van der Waals surface area contributed by atoms with Crippen LogP contribution in [0.1, 0.15) is 57.8 Å². The monoisotopic (exact) mass is 544 g/mol. The molecule has 1 aromatic carbocycles. The van der Waals surface area contributed by atoms with Crippen molar-refractivity contribution >= 4 is 17.7 Å². The molecule has 3 fully saturated rings. The number of carbonyl (C=O) groups excluding carboxylic acids is 3. The Bertz CT molecular complexity index is 1240. The second-order valence-electron chi connectivity index (χ2n) is 12.2. The van der Waals surface area contributed by atoms with Crippen LogP contribution in [0.4, 0.5) is 0 Å². The molecule has 1 aliphatic heterocycles. The molecular formula is C29H36O10. The van der Waals surface area contributed by atoms with Gasteiger partial charge in [0.25, 0.3) is 0 Å². The summed E-state index contributed by atoms with van der Waals surface area (Å²) >= 11 is 0. The average molecular weight is 545 g/mol. The van der Waals surface area contributed by atoms with Crippen molar-refractivity contribution in [1.82, 2.24) is 0 Å². The first-order valence-electron chi connectivity index (χ1n) is 13.2. The van der Waals surface area contributed by atoms with E-state index in [9.17, 15) is 34.8 Å². The SMILES string of the molecule is CC(=O)O[C@@]12CO[C@H]1C[C@@H](O)[C@@]1(C)[C@@H]2[C@H](OC(=O)c2ccccc2)[C@]2(O)CC(=O)C(C)=C([C@@H](O)[C@@H]1O)C2(C)C. The van der Waals surface area contributed by atoms with Gasteiger partial charge in [-0.2, -0.15) is 0 Å². The number of ether oxygens (including phenoxy) is 3. The smallest absolute Gasteiger partial charge is 0.338 e. The molecule has 0 amide bonds. The maximum atomic E-state index is 13.6. The number of benzene rings is 1. The first-order valence-corrected chi connectivity index (χ1v) is 13.2. The summed E-state index contributed by atoms with van der Waals surface area (Å²) in [6, 6.07) is 8.08. The van der Waals surface area contributed by atoms with Gasteiger partial charge in [-0.25, -0.2) is 4.79 Å². The van der Waals surface area contributed by atoms with Crippen LogP contribution in [-0.2, 0) is 23.8 Å². The molecule has 0 unspecified atom stereocenters. The van der Waals surface area contributed by atoms with Gasteiger partial charge >= 0.3 is 11.9 Å². The first-order chi connectivity index (χ1) is 18.1. The van der Waals surface area contributed by atoms with Gasteiger partial charge in [-0.15, -0.1) is 0 Å². The van der Waals surface area contributed by atoms with E-state index in [0.29, 0.717) is 0 Å². The van der Waals surface area contributed by atoms with Gasteiger partial charge in [-0.05, 0) is 30.2 Å². The van der Waals surface area contributed by atoms with Crippen LogP contribution in [0.3, 0.4) is 0 Å². The maximum absolute atomic E-state index is 13.6. The number of carbonyl (C=O) groups is 3. The van der Waals surface area contributed by atoms with Crippen LogP contribution < -0.4 is 0 Å². The summed E-state index contributed by atoms with van der Waals surface area (Å²) in [5.41, 5.74) is -6.24. The predicted molar refractivity (Wildman–Crippen MR) is 135 cm³/mol. The average Bonchev–Trinajstić information content (AvgIpc) is 2.87. The lowest BCUT2D eigenvalue weighted by Crippen LogP contribution is -2.82. The molecule has 0 aromatic heterocycles. The lowest BCUT2D eigenvalue weighted by molar-refractivity contribution is -0.363. The normalized spacial score (nSPS) is 42.7. The fourth-order valence-electron chi connectivity index (χ4n) is 7.70. The minimum atomic E-state index is -2.12. The van der Waals surface area contributed by atoms with E-state index in [1.54, 1.807) is 32.0 Å². The Kier molecular flexibility index (Phi) is 6.40. The van der Waals surface area contributed by atoms with E-state index in [1.807, 2.05) is 0 Å². The van der Waals surface area contributed by atoms with Gasteiger partial charge in [0.05, 0.1) is 30.3 Å². The largest absolute Gasteiger partial charge is 0.455 e. The number of aliphatic hydroxyl groups is 4. The molecule has 0 radical (unpaired) electrons. The summed E-state index contributed by atoms with van der Waals surface area (Å²) < 4.78 is 17.7. The van der Waals surface area contributed by atoms with Gasteiger partial charge in [0, 0.05) is 30.6 Å². The maximum Gasteiger partial charge on any atom is 0.338 e. The third kappa shape index (κ3) is 3.62. The second-order valence-corrected chi connectivity index (χ2v) is 12.2. The zero-order valence-corrected chi connectivity index (χ0v) is 22.7. The summed E-state index contributed by atoms with van der Waals surface area (Å²) in [6.45, 7) is 7.33. The Balaban J connectivity index is 1.81. The van der Waals surface area contributed by atoms with E-state index in [4.69, 9.17) is 14.2 Å². The molecule has 2 bridgehead atoms. The highest BCUT2D eigenvalue weighted by atomic mass is 16.6. The molecule has 0 spiro atoms. The van der Waals surface area contributed by atoms with Crippen LogP contribution in [0.2, 0.25) is 0 Å². The zero-order valence-electron chi connectivity index (χ0n) is 22.7. The summed E-state index contributed by atoms with van der Waals surface area (Å²) in [7, 11) is 0. The molecule has 9 atom stereocenters. The lowest BCUT2D eigenvalue weighted by Gasteiger charge is -2.68. The fourth-order valence-corrected chi connectivity index (χ4v) is 7.70. The van der Waals surface area contributed by atoms with Crippen LogP contribution >= 0.6 is 0 Å². The van der Waals surface area contributed by atoms with E-state index in [1.165, 1.54) is 32.9 Å². The fraction of sp³-hybridized carbons (Fsp3) is 0.621. The van der Waals surface area contributed by atoms with Crippen molar-refractivity contribution in [2.75, 3.05) is 6.61 Å². The van der Waals surface area contributed by atoms with E-state index >= 15 is 0 Å². The Morgan fingerprint density at radius 3 is 2.28 bits per heavy atom. The molecule has 4 aliphatic rings. The van der Waals surface area contributed by atoms with Gasteiger partial charge in [0.1, 0.15) is 23.9 Å². The van der Waals surface area contributed by atoms with Crippen LogP contribution in [-0.4, -0.2) is 86.5 Å². The third-order valence-corrected chi connectivity index (χ3v) is 10.00. The van der Waals surface area contributed by atoms with E-state index < -0.39 is 82.6 Å². The van der Waals surface area contributed by atoms with Gasteiger partial charge in [-0.1, -0.05) is 39.0 Å². The van der Waals surface area contributed by atoms with Crippen molar-refractivity contribution in [2.24, 2.45) is 16.7 Å². The third-order valence-electron chi connectivity index (χ3n) is 10.00. The van der Waals surface area contributed by atoms with E-state index in [2.05, 4.69) is 0 Å². The minimum Gasteiger partial charge on any atom is -0.455 e. The number of aliphatic hydroxyl groups excluding tert-OH is 3. The number of ketones is 1. The molecule has 212 valence electrons. The van der Waals surface area contributed by atoms with Gasteiger partial charge < -0.3 is 34.6 Å². The molecule has 5 rings (SSSR count). The quantitative estimate of drug-likeness (QED) is 0.406. The van der Waals surface area contributed by atoms with Gasteiger partial charge in [0.2, 0.25) is 0 Å². The Hall–Kier alpha value is -2.63. The highest BCUT2D eigenvalue weighted by molar-refractivity contribution is 5.98. The number of Topliss-reactive ketones (excluding diaryl/α,β-unsaturated/α-hetero) is 1. The molecular weight excluding hydrogens is 508 g/mol. The van der Waals surface area contributed by atoms with E-state index in [-0.39, 0.29) is 29.7 Å². The van der Waals surface area contributed by atoms with Crippen LogP contribution in [0.25, 0.3) is 0 Å². The number of fused-ring (bicyclic) bond motifs is 5. The molecule has 1 aromatic rings. The molecule has 3 aliphatic carbocycles. The van der Waals surface area contributed by atoms with Crippen molar-refractivity contribution in [3.05, 3.63) is 47.0 Å². The Morgan fingerprint density at radius 2 is 1.72 bits per heavy atom.